The number of benzene rings is 1. The molecule has 0 saturated carbocycles. The lowest BCUT2D eigenvalue weighted by Crippen LogP contribution is -2.19. The van der Waals surface area contributed by atoms with Gasteiger partial charge in [0.15, 0.2) is 11.6 Å². The molecule has 1 heterocycles. The Morgan fingerprint density at radius 1 is 1.22 bits per heavy atom. The summed E-state index contributed by atoms with van der Waals surface area (Å²) in [5, 5.41) is 0. The predicted molar refractivity (Wildman–Crippen MR) is 55.3 cm³/mol. The maximum atomic E-state index is 13.5. The Kier molecular flexibility index (Phi) is 3.18. The van der Waals surface area contributed by atoms with Crippen molar-refractivity contribution in [3.05, 3.63) is 29.6 Å². The van der Waals surface area contributed by atoms with Crippen molar-refractivity contribution >= 4 is 22.6 Å². The fraction of sp³-hybridized carbons (Fsp3) is 0.300. The molecular weight excluding hydrogens is 279 g/mol. The molecule has 0 aliphatic carbocycles. The molecule has 0 aliphatic rings. The zero-order valence-electron chi connectivity index (χ0n) is 8.73. The standard InChI is InChI=1S/C10H6ClF5N2/c11-3-7-17-6-2-1-5(12)8(13)9(6)18(7)4-10(14,15)16/h1-2H,3-4H2. The zero-order valence-corrected chi connectivity index (χ0v) is 9.49. The maximum absolute atomic E-state index is 13.5. The van der Waals surface area contributed by atoms with Crippen LogP contribution in [-0.4, -0.2) is 15.7 Å². The van der Waals surface area contributed by atoms with Gasteiger partial charge in [0.1, 0.15) is 17.9 Å². The van der Waals surface area contributed by atoms with Gasteiger partial charge in [0.25, 0.3) is 0 Å². The summed E-state index contributed by atoms with van der Waals surface area (Å²) in [6.45, 7) is -1.47. The minimum Gasteiger partial charge on any atom is -0.315 e. The van der Waals surface area contributed by atoms with Crippen molar-refractivity contribution in [1.82, 2.24) is 9.55 Å². The molecule has 8 heteroatoms. The van der Waals surface area contributed by atoms with Crippen LogP contribution >= 0.6 is 11.6 Å². The maximum Gasteiger partial charge on any atom is 0.406 e. The molecular formula is C10H6ClF5N2. The normalized spacial score (nSPS) is 12.3. The topological polar surface area (TPSA) is 17.8 Å². The summed E-state index contributed by atoms with van der Waals surface area (Å²) in [5.41, 5.74) is -0.586. The Hall–Kier alpha value is -1.37. The van der Waals surface area contributed by atoms with E-state index in [2.05, 4.69) is 4.98 Å². The lowest BCUT2D eigenvalue weighted by atomic mass is 10.3. The molecule has 98 valence electrons. The van der Waals surface area contributed by atoms with E-state index in [1.165, 1.54) is 0 Å². The van der Waals surface area contributed by atoms with E-state index in [1.807, 2.05) is 0 Å². The molecule has 2 nitrogen and oxygen atoms in total. The highest BCUT2D eigenvalue weighted by atomic mass is 35.5. The molecule has 2 aromatic rings. The number of aromatic nitrogens is 2. The molecule has 2 rings (SSSR count). The van der Waals surface area contributed by atoms with Gasteiger partial charge >= 0.3 is 6.18 Å². The summed E-state index contributed by atoms with van der Waals surface area (Å²) < 4.78 is 64.3. The fourth-order valence-electron chi connectivity index (χ4n) is 1.66. The van der Waals surface area contributed by atoms with Gasteiger partial charge < -0.3 is 4.57 Å². The quantitative estimate of drug-likeness (QED) is 0.608. The molecule has 0 atom stereocenters. The molecule has 18 heavy (non-hydrogen) atoms. The van der Waals surface area contributed by atoms with E-state index >= 15 is 0 Å². The largest absolute Gasteiger partial charge is 0.406 e. The number of fused-ring (bicyclic) bond motifs is 1. The van der Waals surface area contributed by atoms with Gasteiger partial charge in [0, 0.05) is 0 Å². The van der Waals surface area contributed by atoms with Gasteiger partial charge in [0.2, 0.25) is 0 Å². The van der Waals surface area contributed by atoms with Crippen molar-refractivity contribution in [2.45, 2.75) is 18.6 Å². The van der Waals surface area contributed by atoms with Gasteiger partial charge in [-0.2, -0.15) is 13.2 Å². The molecule has 0 unspecified atom stereocenters. The summed E-state index contributed by atoms with van der Waals surface area (Å²) >= 11 is 5.46. The van der Waals surface area contributed by atoms with Gasteiger partial charge in [0.05, 0.1) is 11.4 Å². The van der Waals surface area contributed by atoms with Gasteiger partial charge in [-0.1, -0.05) is 0 Å². The third-order valence-electron chi connectivity index (χ3n) is 2.34. The van der Waals surface area contributed by atoms with Crippen molar-refractivity contribution in [1.29, 1.82) is 0 Å². The van der Waals surface area contributed by atoms with Crippen LogP contribution < -0.4 is 0 Å². The highest BCUT2D eigenvalue weighted by molar-refractivity contribution is 6.16. The Morgan fingerprint density at radius 3 is 2.44 bits per heavy atom. The van der Waals surface area contributed by atoms with Gasteiger partial charge in [-0.25, -0.2) is 13.8 Å². The van der Waals surface area contributed by atoms with Crippen molar-refractivity contribution in [2.24, 2.45) is 0 Å². The second kappa shape index (κ2) is 4.38. The minimum absolute atomic E-state index is 0.0613. The first kappa shape index (κ1) is 13.1. The van der Waals surface area contributed by atoms with E-state index in [0.29, 0.717) is 4.57 Å². The average Bonchev–Trinajstić information content (AvgIpc) is 2.60. The monoisotopic (exact) mass is 284 g/mol. The molecule has 0 fully saturated rings. The number of alkyl halides is 4. The minimum atomic E-state index is -4.58. The smallest absolute Gasteiger partial charge is 0.315 e. The second-order valence-corrected chi connectivity index (χ2v) is 3.86. The van der Waals surface area contributed by atoms with E-state index in [0.717, 1.165) is 12.1 Å². The van der Waals surface area contributed by atoms with Crippen molar-refractivity contribution < 1.29 is 22.0 Å². The lowest BCUT2D eigenvalue weighted by Gasteiger charge is -2.11. The third kappa shape index (κ3) is 2.27. The summed E-state index contributed by atoms with van der Waals surface area (Å²) in [4.78, 5) is 3.74. The summed E-state index contributed by atoms with van der Waals surface area (Å²) in [6.07, 6.45) is -4.58. The third-order valence-corrected chi connectivity index (χ3v) is 2.57. The molecule has 0 bridgehead atoms. The van der Waals surface area contributed by atoms with Gasteiger partial charge in [-0.05, 0) is 12.1 Å². The number of imidazole rings is 1. The lowest BCUT2D eigenvalue weighted by molar-refractivity contribution is -0.140. The second-order valence-electron chi connectivity index (χ2n) is 3.59. The van der Waals surface area contributed by atoms with Crippen LogP contribution in [0, 0.1) is 11.6 Å². The number of rotatable bonds is 2. The van der Waals surface area contributed by atoms with Crippen molar-refractivity contribution in [3.8, 4) is 0 Å². The molecule has 0 N–H and O–H groups in total. The Labute approximate surface area is 103 Å². The van der Waals surface area contributed by atoms with E-state index in [-0.39, 0.29) is 17.2 Å². The first-order valence-corrected chi connectivity index (χ1v) is 5.33. The SMILES string of the molecule is Fc1ccc2nc(CCl)n(CC(F)(F)F)c2c1F. The molecule has 0 saturated heterocycles. The average molecular weight is 285 g/mol. The Bertz CT molecular complexity index is 590. The van der Waals surface area contributed by atoms with Crippen LogP contribution in [0.2, 0.25) is 0 Å². The fourth-order valence-corrected chi connectivity index (χ4v) is 1.86. The van der Waals surface area contributed by atoms with E-state index < -0.39 is 29.9 Å². The zero-order chi connectivity index (χ0) is 13.5. The summed E-state index contributed by atoms with van der Waals surface area (Å²) in [5.74, 6) is -3.08. The van der Waals surface area contributed by atoms with Crippen LogP contribution in [0.15, 0.2) is 12.1 Å². The number of nitrogens with zero attached hydrogens (tertiary/aromatic N) is 2. The first-order chi connectivity index (χ1) is 8.33. The van der Waals surface area contributed by atoms with Crippen LogP contribution in [0.4, 0.5) is 22.0 Å². The van der Waals surface area contributed by atoms with E-state index in [4.69, 9.17) is 11.6 Å². The van der Waals surface area contributed by atoms with Crippen LogP contribution in [0.5, 0.6) is 0 Å². The van der Waals surface area contributed by atoms with Crippen molar-refractivity contribution in [3.63, 3.8) is 0 Å². The molecule has 0 radical (unpaired) electrons. The van der Waals surface area contributed by atoms with Crippen LogP contribution in [0.3, 0.4) is 0 Å². The van der Waals surface area contributed by atoms with Crippen LogP contribution in [0.1, 0.15) is 5.82 Å². The summed E-state index contributed by atoms with van der Waals surface area (Å²) in [7, 11) is 0. The van der Waals surface area contributed by atoms with Crippen molar-refractivity contribution in [2.75, 3.05) is 0 Å². The van der Waals surface area contributed by atoms with Gasteiger partial charge in [-0.3, -0.25) is 0 Å². The Morgan fingerprint density at radius 2 is 1.89 bits per heavy atom. The molecule has 0 spiro atoms. The first-order valence-electron chi connectivity index (χ1n) is 4.79. The highest BCUT2D eigenvalue weighted by Gasteiger charge is 2.31. The van der Waals surface area contributed by atoms with Crippen LogP contribution in [-0.2, 0) is 12.4 Å². The molecule has 1 aromatic heterocycles. The predicted octanol–water partition coefficient (Wildman–Crippen LogP) is 3.62. The highest BCUT2D eigenvalue weighted by Crippen LogP contribution is 2.27. The van der Waals surface area contributed by atoms with Gasteiger partial charge in [-0.15, -0.1) is 11.6 Å². The molecule has 0 aliphatic heterocycles. The molecule has 0 amide bonds. The van der Waals surface area contributed by atoms with E-state index in [9.17, 15) is 22.0 Å². The number of hydrogen-bond donors (Lipinski definition) is 0. The van der Waals surface area contributed by atoms with E-state index in [1.54, 1.807) is 0 Å². The number of halogens is 6. The molecule has 1 aromatic carbocycles. The summed E-state index contributed by atoms with van der Waals surface area (Å²) in [6, 6.07) is 1.91. The van der Waals surface area contributed by atoms with Crippen LogP contribution in [0.25, 0.3) is 11.0 Å². The Balaban J connectivity index is 2.71. The number of hydrogen-bond acceptors (Lipinski definition) is 1.